The lowest BCUT2D eigenvalue weighted by Gasteiger charge is -2.30. The van der Waals surface area contributed by atoms with Gasteiger partial charge in [0.15, 0.2) is 0 Å². The van der Waals surface area contributed by atoms with Crippen LogP contribution in [0, 0.1) is 5.92 Å². The molecule has 1 aromatic rings. The van der Waals surface area contributed by atoms with Gasteiger partial charge < -0.3 is 15.6 Å². The molecule has 0 aliphatic rings. The van der Waals surface area contributed by atoms with Crippen molar-refractivity contribution in [1.29, 1.82) is 0 Å². The van der Waals surface area contributed by atoms with Crippen molar-refractivity contribution in [3.05, 3.63) is 29.8 Å². The Kier molecular flexibility index (Phi) is 7.72. The van der Waals surface area contributed by atoms with E-state index in [-0.39, 0.29) is 0 Å². The van der Waals surface area contributed by atoms with E-state index in [4.69, 9.17) is 10.5 Å². The van der Waals surface area contributed by atoms with E-state index in [0.717, 1.165) is 17.9 Å². The second-order valence-corrected chi connectivity index (χ2v) is 6.22. The van der Waals surface area contributed by atoms with Crippen LogP contribution in [0.15, 0.2) is 24.3 Å². The molecule has 0 radical (unpaired) electrons. The lowest BCUT2D eigenvalue weighted by atomic mass is 10.1. The summed E-state index contributed by atoms with van der Waals surface area (Å²) in [5.74, 6) is 1.34. The third-order valence-corrected chi connectivity index (χ3v) is 3.40. The summed E-state index contributed by atoms with van der Waals surface area (Å²) in [5.41, 5.74) is 6.65. The van der Waals surface area contributed by atoms with Crippen LogP contribution in [-0.2, 0) is 6.54 Å². The molecule has 0 saturated carbocycles. The fourth-order valence-corrected chi connectivity index (χ4v) is 2.29. The Bertz CT molecular complexity index is 408. The second-order valence-electron chi connectivity index (χ2n) is 6.22. The SMILES string of the molecule is CC(C)CN(CC(O)COc1ccccc1CN)C(C)C. The van der Waals surface area contributed by atoms with E-state index in [1.54, 1.807) is 0 Å². The van der Waals surface area contributed by atoms with Gasteiger partial charge in [-0.15, -0.1) is 0 Å². The summed E-state index contributed by atoms with van der Waals surface area (Å²) in [6.07, 6.45) is -0.503. The van der Waals surface area contributed by atoms with Gasteiger partial charge in [0.25, 0.3) is 0 Å². The highest BCUT2D eigenvalue weighted by Gasteiger charge is 2.16. The summed E-state index contributed by atoms with van der Waals surface area (Å²) in [4.78, 5) is 2.29. The molecule has 0 fully saturated rings. The number of aliphatic hydroxyl groups is 1. The number of nitrogens with zero attached hydrogens (tertiary/aromatic N) is 1. The van der Waals surface area contributed by atoms with E-state index in [0.29, 0.717) is 31.7 Å². The van der Waals surface area contributed by atoms with Gasteiger partial charge in [0.1, 0.15) is 18.5 Å². The van der Waals surface area contributed by atoms with Crippen molar-refractivity contribution in [3.8, 4) is 5.75 Å². The quantitative estimate of drug-likeness (QED) is 0.733. The molecular formula is C17H30N2O2. The van der Waals surface area contributed by atoms with Gasteiger partial charge in [-0.05, 0) is 25.8 Å². The zero-order valence-electron chi connectivity index (χ0n) is 13.7. The largest absolute Gasteiger partial charge is 0.491 e. The van der Waals surface area contributed by atoms with Crippen molar-refractivity contribution >= 4 is 0 Å². The minimum Gasteiger partial charge on any atom is -0.491 e. The van der Waals surface area contributed by atoms with E-state index in [9.17, 15) is 5.11 Å². The summed E-state index contributed by atoms with van der Waals surface area (Å²) < 4.78 is 5.72. The van der Waals surface area contributed by atoms with Crippen molar-refractivity contribution in [2.45, 2.75) is 46.4 Å². The number of rotatable bonds is 9. The van der Waals surface area contributed by atoms with E-state index in [2.05, 4.69) is 32.6 Å². The molecule has 1 rings (SSSR count). The minimum absolute atomic E-state index is 0.290. The van der Waals surface area contributed by atoms with Crippen LogP contribution in [-0.4, -0.2) is 41.8 Å². The molecule has 1 unspecified atom stereocenters. The second kappa shape index (κ2) is 9.03. The van der Waals surface area contributed by atoms with Gasteiger partial charge in [-0.25, -0.2) is 0 Å². The highest BCUT2D eigenvalue weighted by Crippen LogP contribution is 2.17. The third kappa shape index (κ3) is 6.46. The van der Waals surface area contributed by atoms with Crippen molar-refractivity contribution in [2.75, 3.05) is 19.7 Å². The molecular weight excluding hydrogens is 264 g/mol. The summed E-state index contributed by atoms with van der Waals surface area (Å²) in [6, 6.07) is 8.11. The van der Waals surface area contributed by atoms with Crippen LogP contribution in [0.5, 0.6) is 5.75 Å². The summed E-state index contributed by atoms with van der Waals surface area (Å²) in [7, 11) is 0. The molecule has 1 atom stereocenters. The first-order chi connectivity index (χ1) is 9.93. The Morgan fingerprint density at radius 3 is 2.38 bits per heavy atom. The molecule has 0 heterocycles. The highest BCUT2D eigenvalue weighted by molar-refractivity contribution is 5.32. The molecule has 0 spiro atoms. The molecule has 4 nitrogen and oxygen atoms in total. The molecule has 0 aliphatic carbocycles. The van der Waals surface area contributed by atoms with Crippen LogP contribution in [0.3, 0.4) is 0 Å². The number of hydrogen-bond donors (Lipinski definition) is 2. The molecule has 0 aromatic heterocycles. The average Bonchev–Trinajstić information content (AvgIpc) is 2.44. The first-order valence-electron chi connectivity index (χ1n) is 7.76. The van der Waals surface area contributed by atoms with Gasteiger partial charge in [0.2, 0.25) is 0 Å². The molecule has 120 valence electrons. The molecule has 3 N–H and O–H groups in total. The van der Waals surface area contributed by atoms with Crippen molar-refractivity contribution in [1.82, 2.24) is 4.90 Å². The zero-order chi connectivity index (χ0) is 15.8. The van der Waals surface area contributed by atoms with Crippen LogP contribution >= 0.6 is 0 Å². The maximum atomic E-state index is 10.2. The molecule has 4 heteroatoms. The molecule has 0 saturated heterocycles. The molecule has 0 bridgehead atoms. The Hall–Kier alpha value is -1.10. The summed E-state index contributed by atoms with van der Waals surface area (Å²) in [6.45, 7) is 11.0. The zero-order valence-corrected chi connectivity index (χ0v) is 13.7. The first-order valence-corrected chi connectivity index (χ1v) is 7.76. The number of nitrogens with two attached hydrogens (primary N) is 1. The number of benzene rings is 1. The van der Waals surface area contributed by atoms with E-state index >= 15 is 0 Å². The Morgan fingerprint density at radius 1 is 1.14 bits per heavy atom. The maximum Gasteiger partial charge on any atom is 0.123 e. The lowest BCUT2D eigenvalue weighted by Crippen LogP contribution is -2.41. The van der Waals surface area contributed by atoms with Crippen LogP contribution < -0.4 is 10.5 Å². The highest BCUT2D eigenvalue weighted by atomic mass is 16.5. The van der Waals surface area contributed by atoms with Crippen LogP contribution in [0.1, 0.15) is 33.3 Å². The van der Waals surface area contributed by atoms with E-state index in [1.807, 2.05) is 24.3 Å². The van der Waals surface area contributed by atoms with Crippen LogP contribution in [0.2, 0.25) is 0 Å². The van der Waals surface area contributed by atoms with Gasteiger partial charge in [0.05, 0.1) is 0 Å². The van der Waals surface area contributed by atoms with Crippen molar-refractivity contribution in [3.63, 3.8) is 0 Å². The predicted molar refractivity (Wildman–Crippen MR) is 87.4 cm³/mol. The fourth-order valence-electron chi connectivity index (χ4n) is 2.29. The normalized spacial score (nSPS) is 13.2. The smallest absolute Gasteiger partial charge is 0.123 e. The van der Waals surface area contributed by atoms with Crippen LogP contribution in [0.4, 0.5) is 0 Å². The lowest BCUT2D eigenvalue weighted by molar-refractivity contribution is 0.0526. The standard InChI is InChI=1S/C17H30N2O2/c1-13(2)10-19(14(3)4)11-16(20)12-21-17-8-6-5-7-15(17)9-18/h5-8,13-14,16,20H,9-12,18H2,1-4H3. The Morgan fingerprint density at radius 2 is 1.81 bits per heavy atom. The van der Waals surface area contributed by atoms with E-state index < -0.39 is 6.10 Å². The molecule has 1 aromatic carbocycles. The molecule has 0 amide bonds. The van der Waals surface area contributed by atoms with Crippen molar-refractivity contribution < 1.29 is 9.84 Å². The summed E-state index contributed by atoms with van der Waals surface area (Å²) >= 11 is 0. The number of ether oxygens (including phenoxy) is 1. The number of hydrogen-bond acceptors (Lipinski definition) is 4. The van der Waals surface area contributed by atoms with E-state index in [1.165, 1.54) is 0 Å². The Balaban J connectivity index is 2.50. The molecule has 0 aliphatic heterocycles. The third-order valence-electron chi connectivity index (χ3n) is 3.40. The van der Waals surface area contributed by atoms with Gasteiger partial charge in [0, 0.05) is 31.2 Å². The maximum absolute atomic E-state index is 10.2. The van der Waals surface area contributed by atoms with Gasteiger partial charge in [-0.3, -0.25) is 4.90 Å². The summed E-state index contributed by atoms with van der Waals surface area (Å²) in [5, 5.41) is 10.2. The van der Waals surface area contributed by atoms with Gasteiger partial charge in [-0.2, -0.15) is 0 Å². The molecule has 21 heavy (non-hydrogen) atoms. The minimum atomic E-state index is -0.503. The average molecular weight is 294 g/mol. The van der Waals surface area contributed by atoms with Crippen LogP contribution in [0.25, 0.3) is 0 Å². The van der Waals surface area contributed by atoms with Gasteiger partial charge >= 0.3 is 0 Å². The monoisotopic (exact) mass is 294 g/mol. The Labute approximate surface area is 128 Å². The fraction of sp³-hybridized carbons (Fsp3) is 0.647. The van der Waals surface area contributed by atoms with Gasteiger partial charge in [-0.1, -0.05) is 32.0 Å². The predicted octanol–water partition coefficient (Wildman–Crippen LogP) is 2.25. The number of aliphatic hydroxyl groups excluding tert-OH is 1. The first kappa shape index (κ1) is 18.0. The van der Waals surface area contributed by atoms with Crippen molar-refractivity contribution in [2.24, 2.45) is 11.7 Å². The topological polar surface area (TPSA) is 58.7 Å². The number of para-hydroxylation sites is 1.